The number of nitrogens with zero attached hydrogens (tertiary/aromatic N) is 2. The molecule has 0 heterocycles. The predicted molar refractivity (Wildman–Crippen MR) is 91.0 cm³/mol. The lowest BCUT2D eigenvalue weighted by Crippen LogP contribution is -2.40. The molecular formula is C18H24N2O4. The van der Waals surface area contributed by atoms with Crippen molar-refractivity contribution in [1.29, 1.82) is 0 Å². The Kier molecular flexibility index (Phi) is 6.78. The van der Waals surface area contributed by atoms with E-state index in [0.29, 0.717) is 11.6 Å². The number of amides is 1. The van der Waals surface area contributed by atoms with Crippen molar-refractivity contribution in [2.75, 3.05) is 20.8 Å². The Morgan fingerprint density at radius 2 is 1.88 bits per heavy atom. The van der Waals surface area contributed by atoms with E-state index in [2.05, 4.69) is 9.89 Å². The van der Waals surface area contributed by atoms with Gasteiger partial charge >= 0.3 is 5.97 Å². The molecule has 1 aliphatic carbocycles. The van der Waals surface area contributed by atoms with Gasteiger partial charge in [-0.25, -0.2) is 4.79 Å². The molecule has 0 radical (unpaired) electrons. The first-order chi connectivity index (χ1) is 11.6. The van der Waals surface area contributed by atoms with Gasteiger partial charge in [-0.15, -0.1) is 0 Å². The average molecular weight is 332 g/mol. The Bertz CT molecular complexity index is 577. The summed E-state index contributed by atoms with van der Waals surface area (Å²) in [6.45, 7) is -0.0657. The summed E-state index contributed by atoms with van der Waals surface area (Å²) in [7, 11) is 3.17. The predicted octanol–water partition coefficient (Wildman–Crippen LogP) is 2.61. The van der Waals surface area contributed by atoms with Crippen molar-refractivity contribution in [2.45, 2.75) is 38.1 Å². The largest absolute Gasteiger partial charge is 0.465 e. The maximum Gasteiger partial charge on any atom is 0.337 e. The molecule has 1 saturated carbocycles. The summed E-state index contributed by atoms with van der Waals surface area (Å²) >= 11 is 0. The minimum atomic E-state index is -0.383. The molecule has 2 rings (SSSR count). The topological polar surface area (TPSA) is 68.2 Å². The summed E-state index contributed by atoms with van der Waals surface area (Å²) in [4.78, 5) is 30.3. The highest BCUT2D eigenvalue weighted by Gasteiger charge is 2.22. The molecule has 1 fully saturated rings. The summed E-state index contributed by atoms with van der Waals surface area (Å²) in [5, 5.41) is 3.82. The van der Waals surface area contributed by atoms with Crippen LogP contribution in [0.3, 0.4) is 0 Å². The monoisotopic (exact) mass is 332 g/mol. The summed E-state index contributed by atoms with van der Waals surface area (Å²) in [6, 6.07) is 7.08. The first-order valence-electron chi connectivity index (χ1n) is 8.21. The molecule has 1 amide bonds. The Hall–Kier alpha value is -2.37. The maximum absolute atomic E-state index is 12.1. The number of oxime groups is 1. The van der Waals surface area contributed by atoms with E-state index in [1.165, 1.54) is 32.6 Å². The van der Waals surface area contributed by atoms with Crippen LogP contribution in [0.25, 0.3) is 0 Å². The molecule has 0 N–H and O–H groups in total. The molecule has 1 aromatic rings. The number of rotatable bonds is 6. The SMILES string of the molecule is COC(=O)c1ccc(C=NOCC(=O)N(C)C2CCCCC2)cc1. The Morgan fingerprint density at radius 3 is 2.50 bits per heavy atom. The second-order valence-electron chi connectivity index (χ2n) is 5.92. The van der Waals surface area contributed by atoms with Crippen LogP contribution in [0.15, 0.2) is 29.4 Å². The van der Waals surface area contributed by atoms with E-state index < -0.39 is 0 Å². The van der Waals surface area contributed by atoms with Crippen molar-refractivity contribution < 1.29 is 19.2 Å². The lowest BCUT2D eigenvalue weighted by Gasteiger charge is -2.30. The van der Waals surface area contributed by atoms with Crippen molar-refractivity contribution in [2.24, 2.45) is 5.16 Å². The van der Waals surface area contributed by atoms with Crippen LogP contribution in [0.4, 0.5) is 0 Å². The van der Waals surface area contributed by atoms with Gasteiger partial charge in [-0.2, -0.15) is 0 Å². The van der Waals surface area contributed by atoms with Gasteiger partial charge in [0, 0.05) is 13.1 Å². The van der Waals surface area contributed by atoms with Gasteiger partial charge in [0.25, 0.3) is 5.91 Å². The van der Waals surface area contributed by atoms with E-state index in [-0.39, 0.29) is 18.5 Å². The van der Waals surface area contributed by atoms with Gasteiger partial charge in [0.1, 0.15) is 0 Å². The van der Waals surface area contributed by atoms with Gasteiger partial charge in [0.2, 0.25) is 0 Å². The number of methoxy groups -OCH3 is 1. The number of esters is 1. The van der Waals surface area contributed by atoms with Gasteiger partial charge in [-0.1, -0.05) is 36.6 Å². The number of hydrogen-bond donors (Lipinski definition) is 0. The zero-order valence-electron chi connectivity index (χ0n) is 14.2. The van der Waals surface area contributed by atoms with Crippen molar-refractivity contribution >= 4 is 18.1 Å². The number of ether oxygens (including phenoxy) is 1. The van der Waals surface area contributed by atoms with Gasteiger partial charge in [0.15, 0.2) is 6.61 Å². The standard InChI is InChI=1S/C18H24N2O4/c1-20(16-6-4-3-5-7-16)17(21)13-24-19-12-14-8-10-15(11-9-14)18(22)23-2/h8-12,16H,3-7,13H2,1-2H3. The lowest BCUT2D eigenvalue weighted by molar-refractivity contribution is -0.137. The van der Waals surface area contributed by atoms with Crippen LogP contribution in [0.5, 0.6) is 0 Å². The number of benzene rings is 1. The van der Waals surface area contributed by atoms with E-state index in [4.69, 9.17) is 4.84 Å². The quantitative estimate of drug-likeness (QED) is 0.456. The molecule has 1 aromatic carbocycles. The molecule has 0 atom stereocenters. The third-order valence-corrected chi connectivity index (χ3v) is 4.31. The minimum absolute atomic E-state index is 0.0555. The normalized spacial score (nSPS) is 15.2. The molecule has 0 spiro atoms. The highest BCUT2D eigenvalue weighted by atomic mass is 16.6. The number of likely N-dealkylation sites (N-methyl/N-ethyl adjacent to an activating group) is 1. The fourth-order valence-corrected chi connectivity index (χ4v) is 2.79. The molecule has 0 saturated heterocycles. The second-order valence-corrected chi connectivity index (χ2v) is 5.92. The third-order valence-electron chi connectivity index (χ3n) is 4.31. The Morgan fingerprint density at radius 1 is 1.21 bits per heavy atom. The number of carbonyl (C=O) groups excluding carboxylic acids is 2. The van der Waals surface area contributed by atoms with E-state index >= 15 is 0 Å². The molecule has 0 aromatic heterocycles. The smallest absolute Gasteiger partial charge is 0.337 e. The zero-order valence-corrected chi connectivity index (χ0v) is 14.2. The lowest BCUT2D eigenvalue weighted by atomic mass is 9.94. The van der Waals surface area contributed by atoms with Crippen molar-refractivity contribution in [3.05, 3.63) is 35.4 Å². The molecule has 6 heteroatoms. The molecule has 0 bridgehead atoms. The summed E-state index contributed by atoms with van der Waals surface area (Å²) in [5.41, 5.74) is 1.25. The van der Waals surface area contributed by atoms with Gasteiger partial charge in [0.05, 0.1) is 18.9 Å². The number of carbonyl (C=O) groups is 2. The Labute approximate surface area is 142 Å². The molecule has 0 aliphatic heterocycles. The van der Waals surface area contributed by atoms with Crippen LogP contribution in [0.1, 0.15) is 48.0 Å². The number of hydrogen-bond acceptors (Lipinski definition) is 5. The van der Waals surface area contributed by atoms with Crippen LogP contribution in [-0.4, -0.2) is 49.8 Å². The average Bonchev–Trinajstić information content (AvgIpc) is 2.65. The van der Waals surface area contributed by atoms with Gasteiger partial charge in [-0.05, 0) is 30.5 Å². The molecule has 1 aliphatic rings. The summed E-state index contributed by atoms with van der Waals surface area (Å²) in [5.74, 6) is -0.439. The molecular weight excluding hydrogens is 308 g/mol. The Balaban J connectivity index is 1.77. The highest BCUT2D eigenvalue weighted by molar-refractivity contribution is 5.90. The zero-order chi connectivity index (χ0) is 17.4. The van der Waals surface area contributed by atoms with E-state index in [9.17, 15) is 9.59 Å². The summed E-state index contributed by atoms with van der Waals surface area (Å²) in [6.07, 6.45) is 7.27. The van der Waals surface area contributed by atoms with Crippen LogP contribution >= 0.6 is 0 Å². The minimum Gasteiger partial charge on any atom is -0.465 e. The van der Waals surface area contributed by atoms with Crippen LogP contribution < -0.4 is 0 Å². The molecule has 24 heavy (non-hydrogen) atoms. The van der Waals surface area contributed by atoms with Gasteiger partial charge < -0.3 is 14.5 Å². The van der Waals surface area contributed by atoms with Gasteiger partial charge in [-0.3, -0.25) is 4.79 Å². The fourth-order valence-electron chi connectivity index (χ4n) is 2.79. The van der Waals surface area contributed by atoms with E-state index in [1.54, 1.807) is 29.2 Å². The van der Waals surface area contributed by atoms with E-state index in [0.717, 1.165) is 18.4 Å². The maximum atomic E-state index is 12.1. The first kappa shape index (κ1) is 18.0. The fraction of sp³-hybridized carbons (Fsp3) is 0.500. The molecule has 0 unspecified atom stereocenters. The van der Waals surface area contributed by atoms with E-state index in [1.807, 2.05) is 7.05 Å². The van der Waals surface area contributed by atoms with Crippen LogP contribution in [0, 0.1) is 0 Å². The highest BCUT2D eigenvalue weighted by Crippen LogP contribution is 2.21. The van der Waals surface area contributed by atoms with Crippen molar-refractivity contribution in [1.82, 2.24) is 4.90 Å². The summed E-state index contributed by atoms with van der Waals surface area (Å²) < 4.78 is 4.63. The van der Waals surface area contributed by atoms with Crippen molar-refractivity contribution in [3.63, 3.8) is 0 Å². The third kappa shape index (κ3) is 5.08. The second kappa shape index (κ2) is 9.05. The molecule has 130 valence electrons. The van der Waals surface area contributed by atoms with Crippen LogP contribution in [-0.2, 0) is 14.4 Å². The molecule has 6 nitrogen and oxygen atoms in total. The first-order valence-corrected chi connectivity index (χ1v) is 8.21. The van der Waals surface area contributed by atoms with Crippen molar-refractivity contribution in [3.8, 4) is 0 Å². The van der Waals surface area contributed by atoms with Crippen LogP contribution in [0.2, 0.25) is 0 Å².